The van der Waals surface area contributed by atoms with Crippen LogP contribution in [0.1, 0.15) is 43.6 Å². The molecule has 1 aromatic heterocycles. The number of benzene rings is 2. The molecule has 5 heteroatoms. The number of carbonyl (C=O) groups is 1. The molecule has 1 aliphatic heterocycles. The molecule has 0 aliphatic carbocycles. The highest BCUT2D eigenvalue weighted by atomic mass is 79.9. The number of nitrogens with zero attached hydrogens (tertiary/aromatic N) is 2. The molecule has 1 atom stereocenters. The maximum Gasteiger partial charge on any atom is 0.322 e. The first-order valence-corrected chi connectivity index (χ1v) is 10.7. The highest BCUT2D eigenvalue weighted by Gasteiger charge is 2.32. The molecule has 3 aromatic rings. The van der Waals surface area contributed by atoms with E-state index in [0.29, 0.717) is 6.54 Å². The van der Waals surface area contributed by atoms with Crippen molar-refractivity contribution in [1.29, 1.82) is 0 Å². The van der Waals surface area contributed by atoms with Crippen LogP contribution in [0.2, 0.25) is 0 Å². The van der Waals surface area contributed by atoms with E-state index >= 15 is 0 Å². The van der Waals surface area contributed by atoms with Gasteiger partial charge in [-0.2, -0.15) is 0 Å². The van der Waals surface area contributed by atoms with E-state index in [9.17, 15) is 4.79 Å². The molecule has 0 saturated carbocycles. The van der Waals surface area contributed by atoms with Gasteiger partial charge in [0, 0.05) is 35.1 Å². The zero-order valence-corrected chi connectivity index (χ0v) is 18.6. The van der Waals surface area contributed by atoms with Gasteiger partial charge in [-0.15, -0.1) is 0 Å². The molecule has 2 aromatic carbocycles. The van der Waals surface area contributed by atoms with Crippen molar-refractivity contribution in [2.45, 2.75) is 38.8 Å². The maximum absolute atomic E-state index is 13.2. The van der Waals surface area contributed by atoms with E-state index in [-0.39, 0.29) is 17.5 Å². The molecule has 0 saturated heterocycles. The highest BCUT2D eigenvalue weighted by molar-refractivity contribution is 9.10. The number of hydrogen-bond acceptors (Lipinski definition) is 1. The fraction of sp³-hybridized carbons (Fsp3) is 0.292. The number of amides is 2. The van der Waals surface area contributed by atoms with Crippen molar-refractivity contribution in [2.24, 2.45) is 0 Å². The quantitative estimate of drug-likeness (QED) is 0.495. The van der Waals surface area contributed by atoms with E-state index in [4.69, 9.17) is 0 Å². The van der Waals surface area contributed by atoms with Gasteiger partial charge < -0.3 is 14.8 Å². The Hall–Kier alpha value is -2.53. The molecule has 0 radical (unpaired) electrons. The number of hydrogen-bond donors (Lipinski definition) is 1. The maximum atomic E-state index is 13.2. The monoisotopic (exact) mass is 451 g/mol. The molecule has 29 heavy (non-hydrogen) atoms. The molecular formula is C24H26BrN3O. The number of halogens is 1. The van der Waals surface area contributed by atoms with E-state index < -0.39 is 0 Å². The normalized spacial score (nSPS) is 16.4. The van der Waals surface area contributed by atoms with Gasteiger partial charge in [0.05, 0.1) is 6.04 Å². The molecular weight excluding hydrogens is 426 g/mol. The van der Waals surface area contributed by atoms with Crippen molar-refractivity contribution < 1.29 is 4.79 Å². The lowest BCUT2D eigenvalue weighted by molar-refractivity contribution is 0.182. The fourth-order valence-electron chi connectivity index (χ4n) is 3.85. The topological polar surface area (TPSA) is 37.3 Å². The summed E-state index contributed by atoms with van der Waals surface area (Å²) in [5.74, 6) is 0. The lowest BCUT2D eigenvalue weighted by Gasteiger charge is -2.37. The summed E-state index contributed by atoms with van der Waals surface area (Å²) in [6.45, 7) is 8.02. The van der Waals surface area contributed by atoms with Gasteiger partial charge in [0.25, 0.3) is 0 Å². The molecule has 2 heterocycles. The first kappa shape index (κ1) is 19.8. The van der Waals surface area contributed by atoms with Gasteiger partial charge in [0.1, 0.15) is 0 Å². The fourth-order valence-corrected chi connectivity index (χ4v) is 4.11. The Bertz CT molecular complexity index is 1000. The van der Waals surface area contributed by atoms with E-state index in [2.05, 4.69) is 83.1 Å². The molecule has 0 spiro atoms. The number of anilines is 1. The number of carbonyl (C=O) groups excluding carboxylic acids is 1. The van der Waals surface area contributed by atoms with Crippen LogP contribution in [0, 0.1) is 0 Å². The first-order chi connectivity index (χ1) is 13.8. The predicted molar refractivity (Wildman–Crippen MR) is 121 cm³/mol. The van der Waals surface area contributed by atoms with Crippen LogP contribution in [0.15, 0.2) is 71.3 Å². The van der Waals surface area contributed by atoms with Gasteiger partial charge in [0.2, 0.25) is 0 Å². The van der Waals surface area contributed by atoms with Crippen LogP contribution in [-0.2, 0) is 12.0 Å². The Morgan fingerprint density at radius 2 is 1.69 bits per heavy atom. The molecule has 150 valence electrons. The minimum absolute atomic E-state index is 0.0751. The molecule has 4 nitrogen and oxygen atoms in total. The second kappa shape index (κ2) is 7.71. The summed E-state index contributed by atoms with van der Waals surface area (Å²) in [5.41, 5.74) is 4.40. The predicted octanol–water partition coefficient (Wildman–Crippen LogP) is 6.19. The summed E-state index contributed by atoms with van der Waals surface area (Å²) >= 11 is 3.50. The molecule has 0 bridgehead atoms. The zero-order chi connectivity index (χ0) is 20.6. The van der Waals surface area contributed by atoms with Crippen LogP contribution >= 0.6 is 15.9 Å². The van der Waals surface area contributed by atoms with Crippen molar-refractivity contribution in [3.8, 4) is 0 Å². The third-order valence-corrected chi connectivity index (χ3v) is 6.02. The largest absolute Gasteiger partial charge is 0.348 e. The minimum Gasteiger partial charge on any atom is -0.348 e. The number of aromatic nitrogens is 1. The SMILES string of the molecule is CC(C)(C)c1ccc(NC(=O)N2CCn3cccc3C2c2ccc(Br)cc2)cc1. The Morgan fingerprint density at radius 3 is 2.34 bits per heavy atom. The van der Waals surface area contributed by atoms with Crippen LogP contribution in [0.5, 0.6) is 0 Å². The standard InChI is InChI=1S/C24H26BrN3O/c1-24(2,3)18-8-12-20(13-9-18)26-23(29)28-16-15-27-14-4-5-21(27)22(28)17-6-10-19(25)11-7-17/h4-14,22H,15-16H2,1-3H3,(H,26,29). The molecule has 4 rings (SSSR count). The Kier molecular flexibility index (Phi) is 5.26. The van der Waals surface area contributed by atoms with Crippen LogP contribution < -0.4 is 5.32 Å². The van der Waals surface area contributed by atoms with Gasteiger partial charge in [-0.1, -0.05) is 61.0 Å². The summed E-state index contributed by atoms with van der Waals surface area (Å²) in [7, 11) is 0. The molecule has 1 N–H and O–H groups in total. The van der Waals surface area contributed by atoms with Crippen LogP contribution in [-0.4, -0.2) is 22.0 Å². The first-order valence-electron chi connectivity index (χ1n) is 9.91. The van der Waals surface area contributed by atoms with Crippen molar-refractivity contribution >= 4 is 27.6 Å². The smallest absolute Gasteiger partial charge is 0.322 e. The highest BCUT2D eigenvalue weighted by Crippen LogP contribution is 2.33. The van der Waals surface area contributed by atoms with E-state index in [1.165, 1.54) is 5.56 Å². The molecule has 1 aliphatic rings. The van der Waals surface area contributed by atoms with Gasteiger partial charge >= 0.3 is 6.03 Å². The lowest BCUT2D eigenvalue weighted by Crippen LogP contribution is -2.44. The van der Waals surface area contributed by atoms with Crippen LogP contribution in [0.25, 0.3) is 0 Å². The number of nitrogens with one attached hydrogen (secondary N) is 1. The van der Waals surface area contributed by atoms with Crippen LogP contribution in [0.3, 0.4) is 0 Å². The molecule has 2 amide bonds. The van der Waals surface area contributed by atoms with Crippen molar-refractivity contribution in [2.75, 3.05) is 11.9 Å². The summed E-state index contributed by atoms with van der Waals surface area (Å²) in [6, 6.07) is 20.3. The Balaban J connectivity index is 1.60. The van der Waals surface area contributed by atoms with Crippen molar-refractivity contribution in [3.63, 3.8) is 0 Å². The van der Waals surface area contributed by atoms with Crippen molar-refractivity contribution in [1.82, 2.24) is 9.47 Å². The third kappa shape index (κ3) is 4.10. The summed E-state index contributed by atoms with van der Waals surface area (Å²) in [5, 5.41) is 3.09. The zero-order valence-electron chi connectivity index (χ0n) is 17.0. The second-order valence-corrected chi connectivity index (χ2v) is 9.45. The minimum atomic E-state index is -0.110. The summed E-state index contributed by atoms with van der Waals surface area (Å²) in [6.07, 6.45) is 2.08. The number of urea groups is 1. The lowest BCUT2D eigenvalue weighted by atomic mass is 9.87. The van der Waals surface area contributed by atoms with E-state index in [1.54, 1.807) is 0 Å². The number of fused-ring (bicyclic) bond motifs is 1. The van der Waals surface area contributed by atoms with Gasteiger partial charge in [0.15, 0.2) is 0 Å². The summed E-state index contributed by atoms with van der Waals surface area (Å²) < 4.78 is 3.26. The Labute approximate surface area is 180 Å². The molecule has 0 fully saturated rings. The van der Waals surface area contributed by atoms with E-state index in [1.807, 2.05) is 35.2 Å². The van der Waals surface area contributed by atoms with Crippen LogP contribution in [0.4, 0.5) is 10.5 Å². The van der Waals surface area contributed by atoms with Crippen molar-refractivity contribution in [3.05, 3.63) is 88.2 Å². The van der Waals surface area contributed by atoms with Gasteiger partial charge in [-0.05, 0) is 52.9 Å². The van der Waals surface area contributed by atoms with Gasteiger partial charge in [-0.25, -0.2) is 4.79 Å². The second-order valence-electron chi connectivity index (χ2n) is 8.53. The molecule has 1 unspecified atom stereocenters. The van der Waals surface area contributed by atoms with E-state index in [0.717, 1.165) is 28.0 Å². The average Bonchev–Trinajstić information content (AvgIpc) is 3.16. The van der Waals surface area contributed by atoms with Gasteiger partial charge in [-0.3, -0.25) is 0 Å². The Morgan fingerprint density at radius 1 is 1.00 bits per heavy atom. The number of rotatable bonds is 2. The third-order valence-electron chi connectivity index (χ3n) is 5.49. The average molecular weight is 452 g/mol. The summed E-state index contributed by atoms with van der Waals surface area (Å²) in [4.78, 5) is 15.2.